The summed E-state index contributed by atoms with van der Waals surface area (Å²) < 4.78 is 13.2. The molecule has 2 aromatic heterocycles. The van der Waals surface area contributed by atoms with Gasteiger partial charge in [0.1, 0.15) is 12.7 Å². The zero-order valence-electron chi connectivity index (χ0n) is 16.8. The van der Waals surface area contributed by atoms with Crippen LogP contribution in [0.2, 0.25) is 0 Å². The summed E-state index contributed by atoms with van der Waals surface area (Å²) in [6, 6.07) is 23.1. The number of aromatic nitrogens is 2. The minimum Gasteiger partial charge on any atom is -0.304 e. The molecule has 0 aliphatic carbocycles. The molecule has 2 heteroatoms. The molecule has 4 rings (SSSR count). The van der Waals surface area contributed by atoms with Crippen molar-refractivity contribution in [1.82, 2.24) is 4.57 Å². The van der Waals surface area contributed by atoms with Crippen LogP contribution < -0.4 is 4.57 Å². The molecule has 4 aromatic rings. The number of fused-ring (bicyclic) bond motifs is 1. The second-order valence-corrected chi connectivity index (χ2v) is 7.04. The highest BCUT2D eigenvalue weighted by Gasteiger charge is 2.23. The smallest absolute Gasteiger partial charge is 0.229 e. The van der Waals surface area contributed by atoms with E-state index < -0.39 is 5.89 Å². The van der Waals surface area contributed by atoms with E-state index in [1.807, 2.05) is 26.0 Å². The van der Waals surface area contributed by atoms with Crippen LogP contribution in [0.15, 0.2) is 72.9 Å². The second-order valence-electron chi connectivity index (χ2n) is 7.04. The van der Waals surface area contributed by atoms with E-state index >= 15 is 0 Å². The fraction of sp³-hybridized carbons (Fsp3) is 0.208. The van der Waals surface area contributed by atoms with Gasteiger partial charge >= 0.3 is 0 Å². The Hall–Kier alpha value is -2.87. The molecule has 26 heavy (non-hydrogen) atoms. The van der Waals surface area contributed by atoms with E-state index in [2.05, 4.69) is 83.9 Å². The first-order valence-corrected chi connectivity index (χ1v) is 9.04. The Kier molecular flexibility index (Phi) is 3.82. The Balaban J connectivity index is 2.17. The van der Waals surface area contributed by atoms with Crippen LogP contribution in [0, 0.1) is 6.92 Å². The summed E-state index contributed by atoms with van der Waals surface area (Å²) in [5.74, 6) is -0.688. The third-order valence-electron chi connectivity index (χ3n) is 5.11. The van der Waals surface area contributed by atoms with Crippen LogP contribution in [0.3, 0.4) is 0 Å². The lowest BCUT2D eigenvalue weighted by Crippen LogP contribution is -2.30. The van der Waals surface area contributed by atoms with Crippen molar-refractivity contribution in [2.45, 2.75) is 26.7 Å². The normalized spacial score (nSPS) is 12.4. The van der Waals surface area contributed by atoms with E-state index in [0.717, 1.165) is 16.9 Å². The van der Waals surface area contributed by atoms with Crippen molar-refractivity contribution in [3.63, 3.8) is 0 Å². The molecule has 0 unspecified atom stereocenters. The first-order chi connectivity index (χ1) is 12.9. The van der Waals surface area contributed by atoms with Gasteiger partial charge in [-0.2, -0.15) is 4.57 Å². The van der Waals surface area contributed by atoms with E-state index in [0.29, 0.717) is 0 Å². The predicted octanol–water partition coefficient (Wildman–Crippen LogP) is 5.55. The fourth-order valence-electron chi connectivity index (χ4n) is 3.82. The lowest BCUT2D eigenvalue weighted by Gasteiger charge is -2.17. The summed E-state index contributed by atoms with van der Waals surface area (Å²) in [4.78, 5) is 0. The zero-order valence-corrected chi connectivity index (χ0v) is 15.8. The molecule has 0 fully saturated rings. The van der Waals surface area contributed by atoms with Crippen molar-refractivity contribution < 1.29 is 5.94 Å². The first kappa shape index (κ1) is 15.4. The molecule has 0 aliphatic rings. The quantitative estimate of drug-likeness (QED) is 0.431. The Morgan fingerprint density at radius 1 is 0.923 bits per heavy atom. The minimum absolute atomic E-state index is 0.688. The highest BCUT2D eigenvalue weighted by atomic mass is 15.0. The fourth-order valence-corrected chi connectivity index (χ4v) is 3.82. The molecule has 0 aliphatic heterocycles. The second kappa shape index (κ2) is 6.45. The molecule has 130 valence electrons. The van der Waals surface area contributed by atoms with E-state index in [9.17, 15) is 0 Å². The monoisotopic (exact) mass is 342 g/mol. The van der Waals surface area contributed by atoms with Gasteiger partial charge in [0.2, 0.25) is 5.69 Å². The molecule has 0 saturated carbocycles. The van der Waals surface area contributed by atoms with Gasteiger partial charge in [-0.1, -0.05) is 50.2 Å². The number of hydrogen-bond donors (Lipinski definition) is 0. The summed E-state index contributed by atoms with van der Waals surface area (Å²) >= 11 is 0. The largest absolute Gasteiger partial charge is 0.304 e. The highest BCUT2D eigenvalue weighted by Crippen LogP contribution is 2.36. The van der Waals surface area contributed by atoms with Gasteiger partial charge in [-0.05, 0) is 42.1 Å². The van der Waals surface area contributed by atoms with E-state index in [1.165, 1.54) is 22.2 Å². The zero-order chi connectivity index (χ0) is 19.2. The molecule has 0 saturated heterocycles. The number of rotatable bonds is 3. The van der Waals surface area contributed by atoms with Gasteiger partial charge in [-0.3, -0.25) is 0 Å². The molecule has 0 amide bonds. The van der Waals surface area contributed by atoms with Crippen LogP contribution in [0.4, 0.5) is 0 Å². The highest BCUT2D eigenvalue weighted by molar-refractivity contribution is 5.92. The van der Waals surface area contributed by atoms with Gasteiger partial charge in [-0.15, -0.1) is 0 Å². The van der Waals surface area contributed by atoms with Crippen LogP contribution in [0.1, 0.15) is 32.2 Å². The molecule has 0 spiro atoms. The van der Waals surface area contributed by atoms with Crippen molar-refractivity contribution >= 4 is 10.9 Å². The third kappa shape index (κ3) is 2.53. The molecular weight excluding hydrogens is 316 g/mol. The SMILES string of the molecule is [2H]C(C)(C)c1ccccc1-n1c(-c2cccc[n+]2C)c(C)c2ccccc21. The number of aryl methyl sites for hydroxylation is 2. The maximum absolute atomic E-state index is 8.68. The number of hydrogen-bond acceptors (Lipinski definition) is 0. The predicted molar refractivity (Wildman–Crippen MR) is 109 cm³/mol. The third-order valence-corrected chi connectivity index (χ3v) is 5.11. The van der Waals surface area contributed by atoms with Gasteiger partial charge in [0.25, 0.3) is 0 Å². The minimum atomic E-state index is -0.688. The van der Waals surface area contributed by atoms with Crippen LogP contribution in [0.25, 0.3) is 28.0 Å². The topological polar surface area (TPSA) is 8.81 Å². The molecular formula is C24H25N2+. The number of para-hydroxylation sites is 2. The summed E-state index contributed by atoms with van der Waals surface area (Å²) in [6.07, 6.45) is 2.08. The molecule has 0 radical (unpaired) electrons. The number of benzene rings is 2. The van der Waals surface area contributed by atoms with E-state index in [-0.39, 0.29) is 0 Å². The van der Waals surface area contributed by atoms with E-state index in [4.69, 9.17) is 1.37 Å². The number of pyridine rings is 1. The van der Waals surface area contributed by atoms with Crippen molar-refractivity contribution in [3.05, 3.63) is 84.1 Å². The molecule has 0 bridgehead atoms. The van der Waals surface area contributed by atoms with Gasteiger partial charge in [-0.25, -0.2) is 0 Å². The van der Waals surface area contributed by atoms with Crippen molar-refractivity contribution in [1.29, 1.82) is 0 Å². The maximum Gasteiger partial charge on any atom is 0.229 e. The molecule has 2 aromatic carbocycles. The summed E-state index contributed by atoms with van der Waals surface area (Å²) in [6.45, 7) is 6.09. The number of nitrogens with zero attached hydrogens (tertiary/aromatic N) is 2. The Labute approximate surface area is 156 Å². The van der Waals surface area contributed by atoms with Gasteiger partial charge in [0, 0.05) is 24.6 Å². The van der Waals surface area contributed by atoms with Crippen LogP contribution >= 0.6 is 0 Å². The molecule has 0 N–H and O–H groups in total. The van der Waals surface area contributed by atoms with Crippen molar-refractivity contribution in [2.24, 2.45) is 7.05 Å². The van der Waals surface area contributed by atoms with E-state index in [1.54, 1.807) is 0 Å². The molecule has 0 atom stereocenters. The average Bonchev–Trinajstić information content (AvgIpc) is 2.94. The van der Waals surface area contributed by atoms with Crippen LogP contribution in [-0.2, 0) is 7.05 Å². The Morgan fingerprint density at radius 3 is 2.38 bits per heavy atom. The summed E-state index contributed by atoms with van der Waals surface area (Å²) in [7, 11) is 2.08. The standard InChI is InChI=1S/C24H25N2/c1-17(2)19-11-5-7-13-21(19)26-22-14-8-6-12-20(22)18(3)24(26)23-15-9-10-16-25(23)4/h5-17H,1-4H3/q+1/i17D. The lowest BCUT2D eigenvalue weighted by molar-refractivity contribution is -0.660. The van der Waals surface area contributed by atoms with Crippen molar-refractivity contribution in [3.8, 4) is 17.1 Å². The summed E-state index contributed by atoms with van der Waals surface area (Å²) in [5, 5.41) is 1.24. The van der Waals surface area contributed by atoms with Gasteiger partial charge < -0.3 is 4.57 Å². The average molecular weight is 342 g/mol. The van der Waals surface area contributed by atoms with Gasteiger partial charge in [0.15, 0.2) is 6.20 Å². The van der Waals surface area contributed by atoms with Crippen molar-refractivity contribution in [2.75, 3.05) is 0 Å². The molecule has 2 nitrogen and oxygen atoms in total. The first-order valence-electron chi connectivity index (χ1n) is 9.54. The molecule has 2 heterocycles. The van der Waals surface area contributed by atoms with Crippen LogP contribution in [-0.4, -0.2) is 4.57 Å². The Bertz CT molecular complexity index is 1130. The Morgan fingerprint density at radius 2 is 1.62 bits per heavy atom. The van der Waals surface area contributed by atoms with Gasteiger partial charge in [0.05, 0.1) is 5.52 Å². The lowest BCUT2D eigenvalue weighted by atomic mass is 10.0. The summed E-state index contributed by atoms with van der Waals surface area (Å²) in [5.41, 5.74) is 6.85. The maximum atomic E-state index is 8.68. The van der Waals surface area contributed by atoms with Crippen LogP contribution in [0.5, 0.6) is 0 Å².